The molecule has 1 aliphatic carbocycles. The Morgan fingerprint density at radius 2 is 1.85 bits per heavy atom. The number of amides is 1. The molecular weight excluding hydrogens is 394 g/mol. The molecule has 27 heavy (non-hydrogen) atoms. The van der Waals surface area contributed by atoms with Crippen LogP contribution in [0.25, 0.3) is 5.57 Å². The Morgan fingerprint density at radius 1 is 1.22 bits per heavy atom. The van der Waals surface area contributed by atoms with Crippen molar-refractivity contribution in [2.45, 2.75) is 30.1 Å². The number of carbonyl (C=O) groups excluding carboxylic acids is 1. The standard InChI is InChI=1S/C18H18F2N2O3S2/c1-27(24,25)13-4-2-12(3-5-13)14(8-11-9-15(19)16(20)10-11)17(23)22-18-21-6-7-26-18/h2-8,11,15-16H,9-10H2,1H3,(H,21,22,23)/b14-8+/t15-,16-/m0/s1. The number of rotatable bonds is 5. The van der Waals surface area contributed by atoms with Crippen molar-refractivity contribution in [2.75, 3.05) is 11.6 Å². The molecule has 0 aliphatic heterocycles. The molecule has 1 N–H and O–H groups in total. The van der Waals surface area contributed by atoms with E-state index in [9.17, 15) is 22.0 Å². The summed E-state index contributed by atoms with van der Waals surface area (Å²) in [5.74, 6) is -0.878. The van der Waals surface area contributed by atoms with Gasteiger partial charge in [-0.3, -0.25) is 10.1 Å². The van der Waals surface area contributed by atoms with Gasteiger partial charge in [0.15, 0.2) is 15.0 Å². The molecule has 5 nitrogen and oxygen atoms in total. The number of nitrogens with zero attached hydrogens (tertiary/aromatic N) is 1. The van der Waals surface area contributed by atoms with Gasteiger partial charge in [-0.05, 0) is 36.5 Å². The molecule has 1 fully saturated rings. The van der Waals surface area contributed by atoms with Gasteiger partial charge in [-0.2, -0.15) is 0 Å². The normalized spacial score (nSPS) is 21.4. The number of benzene rings is 1. The molecule has 1 aromatic heterocycles. The Bertz CT molecular complexity index is 931. The lowest BCUT2D eigenvalue weighted by atomic mass is 9.98. The van der Waals surface area contributed by atoms with E-state index in [4.69, 9.17) is 0 Å². The quantitative estimate of drug-likeness (QED) is 0.761. The minimum absolute atomic E-state index is 0.0105. The van der Waals surface area contributed by atoms with Gasteiger partial charge in [-0.15, -0.1) is 11.3 Å². The number of nitrogens with one attached hydrogen (secondary N) is 1. The van der Waals surface area contributed by atoms with Crippen LogP contribution in [0.3, 0.4) is 0 Å². The van der Waals surface area contributed by atoms with Crippen molar-refractivity contribution in [3.63, 3.8) is 0 Å². The molecule has 1 saturated carbocycles. The van der Waals surface area contributed by atoms with Crippen LogP contribution in [0, 0.1) is 5.92 Å². The third-order valence-corrected chi connectivity index (χ3v) is 6.16. The molecule has 0 spiro atoms. The van der Waals surface area contributed by atoms with E-state index in [2.05, 4.69) is 10.3 Å². The van der Waals surface area contributed by atoms with Gasteiger partial charge in [-0.1, -0.05) is 18.2 Å². The number of carbonyl (C=O) groups is 1. The molecule has 9 heteroatoms. The third-order valence-electron chi connectivity index (χ3n) is 4.34. The molecule has 1 heterocycles. The molecular formula is C18H18F2N2O3S2. The van der Waals surface area contributed by atoms with Crippen molar-refractivity contribution in [1.29, 1.82) is 0 Å². The number of hydrogen-bond acceptors (Lipinski definition) is 5. The molecule has 144 valence electrons. The monoisotopic (exact) mass is 412 g/mol. The number of aromatic nitrogens is 1. The van der Waals surface area contributed by atoms with Crippen LogP contribution < -0.4 is 5.32 Å². The summed E-state index contributed by atoms with van der Waals surface area (Å²) >= 11 is 1.24. The summed E-state index contributed by atoms with van der Waals surface area (Å²) in [5.41, 5.74) is 0.700. The van der Waals surface area contributed by atoms with Gasteiger partial charge >= 0.3 is 0 Å². The second-order valence-corrected chi connectivity index (χ2v) is 9.34. The number of alkyl halides is 2. The Kier molecular flexibility index (Phi) is 5.71. The zero-order valence-electron chi connectivity index (χ0n) is 14.4. The lowest BCUT2D eigenvalue weighted by Gasteiger charge is -2.11. The number of hydrogen-bond donors (Lipinski definition) is 1. The van der Waals surface area contributed by atoms with Crippen molar-refractivity contribution in [2.24, 2.45) is 5.92 Å². The summed E-state index contributed by atoms with van der Waals surface area (Å²) < 4.78 is 50.3. The van der Waals surface area contributed by atoms with E-state index < -0.39 is 34.0 Å². The smallest absolute Gasteiger partial charge is 0.257 e. The van der Waals surface area contributed by atoms with E-state index >= 15 is 0 Å². The van der Waals surface area contributed by atoms with Gasteiger partial charge in [0, 0.05) is 23.4 Å². The highest BCUT2D eigenvalue weighted by Gasteiger charge is 2.34. The predicted octanol–water partition coefficient (Wildman–Crippen LogP) is 3.65. The summed E-state index contributed by atoms with van der Waals surface area (Å²) in [7, 11) is -3.37. The number of thiazole rings is 1. The third kappa shape index (κ3) is 4.78. The molecule has 1 aliphatic rings. The van der Waals surface area contributed by atoms with Gasteiger partial charge in [0.05, 0.1) is 4.90 Å². The Morgan fingerprint density at radius 3 is 2.37 bits per heavy atom. The molecule has 2 atom stereocenters. The fraction of sp³-hybridized carbons (Fsp3) is 0.333. The van der Waals surface area contributed by atoms with Gasteiger partial charge in [-0.25, -0.2) is 22.2 Å². The summed E-state index contributed by atoms with van der Waals surface area (Å²) in [6.45, 7) is 0. The van der Waals surface area contributed by atoms with Crippen LogP contribution in [0.4, 0.5) is 13.9 Å². The van der Waals surface area contributed by atoms with Crippen molar-refractivity contribution in [3.8, 4) is 0 Å². The molecule has 0 unspecified atom stereocenters. The second-order valence-electron chi connectivity index (χ2n) is 6.43. The Hall–Kier alpha value is -2.13. The first-order valence-corrected chi connectivity index (χ1v) is 11.0. The maximum absolute atomic E-state index is 13.5. The van der Waals surface area contributed by atoms with E-state index in [1.165, 1.54) is 35.6 Å². The van der Waals surface area contributed by atoms with Crippen LogP contribution in [0.15, 0.2) is 46.8 Å². The molecule has 1 aromatic carbocycles. The second kappa shape index (κ2) is 7.85. The summed E-state index contributed by atoms with van der Waals surface area (Å²) in [5, 5.41) is 4.76. The highest BCUT2D eigenvalue weighted by Crippen LogP contribution is 2.34. The topological polar surface area (TPSA) is 76.1 Å². The van der Waals surface area contributed by atoms with Crippen molar-refractivity contribution in [3.05, 3.63) is 47.5 Å². The van der Waals surface area contributed by atoms with E-state index in [-0.39, 0.29) is 23.3 Å². The zero-order chi connectivity index (χ0) is 19.6. The molecule has 0 bridgehead atoms. The van der Waals surface area contributed by atoms with Crippen molar-refractivity contribution >= 4 is 37.8 Å². The Labute approximate surface area is 160 Å². The lowest BCUT2D eigenvalue weighted by molar-refractivity contribution is -0.111. The van der Waals surface area contributed by atoms with Crippen molar-refractivity contribution in [1.82, 2.24) is 4.98 Å². The first-order valence-electron chi connectivity index (χ1n) is 8.25. The first-order chi connectivity index (χ1) is 12.7. The minimum atomic E-state index is -3.37. The minimum Gasteiger partial charge on any atom is -0.298 e. The highest BCUT2D eigenvalue weighted by atomic mass is 32.2. The lowest BCUT2D eigenvalue weighted by Crippen LogP contribution is -2.14. The van der Waals surface area contributed by atoms with Gasteiger partial charge in [0.2, 0.25) is 0 Å². The van der Waals surface area contributed by atoms with Crippen LogP contribution in [-0.4, -0.2) is 37.9 Å². The van der Waals surface area contributed by atoms with E-state index in [0.717, 1.165) is 6.26 Å². The zero-order valence-corrected chi connectivity index (χ0v) is 16.1. The molecule has 2 aromatic rings. The first kappa shape index (κ1) is 19.6. The van der Waals surface area contributed by atoms with Crippen LogP contribution in [0.5, 0.6) is 0 Å². The fourth-order valence-electron chi connectivity index (χ4n) is 2.98. The van der Waals surface area contributed by atoms with E-state index in [1.807, 2.05) is 0 Å². The van der Waals surface area contributed by atoms with Gasteiger partial charge in [0.1, 0.15) is 12.3 Å². The van der Waals surface area contributed by atoms with E-state index in [0.29, 0.717) is 10.7 Å². The number of anilines is 1. The van der Waals surface area contributed by atoms with Crippen LogP contribution >= 0.6 is 11.3 Å². The van der Waals surface area contributed by atoms with Gasteiger partial charge in [0.25, 0.3) is 5.91 Å². The molecule has 1 amide bonds. The maximum Gasteiger partial charge on any atom is 0.257 e. The van der Waals surface area contributed by atoms with Gasteiger partial charge < -0.3 is 0 Å². The number of sulfone groups is 1. The number of allylic oxidation sites excluding steroid dienone is 1. The molecule has 0 radical (unpaired) electrons. The van der Waals surface area contributed by atoms with Crippen LogP contribution in [-0.2, 0) is 14.6 Å². The van der Waals surface area contributed by atoms with Crippen molar-refractivity contribution < 1.29 is 22.0 Å². The maximum atomic E-state index is 13.5. The summed E-state index contributed by atoms with van der Waals surface area (Å²) in [4.78, 5) is 16.8. The average molecular weight is 412 g/mol. The number of halogens is 2. The summed E-state index contributed by atoms with van der Waals surface area (Å²) in [6.07, 6.45) is 1.14. The largest absolute Gasteiger partial charge is 0.298 e. The van der Waals surface area contributed by atoms with Crippen LogP contribution in [0.1, 0.15) is 18.4 Å². The SMILES string of the molecule is CS(=O)(=O)c1ccc(/C(=C\C2C[C@H](F)[C@@H](F)C2)C(=O)Nc2nccs2)cc1. The van der Waals surface area contributed by atoms with E-state index in [1.54, 1.807) is 17.7 Å². The molecule has 0 saturated heterocycles. The molecule has 3 rings (SSSR count). The summed E-state index contributed by atoms with van der Waals surface area (Å²) in [6, 6.07) is 5.83. The highest BCUT2D eigenvalue weighted by molar-refractivity contribution is 7.90. The Balaban J connectivity index is 1.93. The average Bonchev–Trinajstić information content (AvgIpc) is 3.22. The predicted molar refractivity (Wildman–Crippen MR) is 101 cm³/mol. The fourth-order valence-corrected chi connectivity index (χ4v) is 4.13. The van der Waals surface area contributed by atoms with Crippen LogP contribution in [0.2, 0.25) is 0 Å².